The first kappa shape index (κ1) is 33.0. The lowest BCUT2D eigenvalue weighted by Crippen LogP contribution is -2.56. The summed E-state index contributed by atoms with van der Waals surface area (Å²) in [5.41, 5.74) is 3.58. The van der Waals surface area contributed by atoms with Gasteiger partial charge in [0.1, 0.15) is 11.9 Å². The van der Waals surface area contributed by atoms with Crippen LogP contribution in [0.2, 0.25) is 5.02 Å². The maximum Gasteiger partial charge on any atom is 0.245 e. The molecular weight excluding hydrogens is 617 g/mol. The Morgan fingerprint density at radius 1 is 0.978 bits per heavy atom. The van der Waals surface area contributed by atoms with E-state index in [1.54, 1.807) is 35.2 Å². The molecule has 2 N–H and O–H groups in total. The Morgan fingerprint density at radius 3 is 2.33 bits per heavy atom. The minimum Gasteiger partial charge on any atom is -0.344 e. The van der Waals surface area contributed by atoms with Gasteiger partial charge in [0.05, 0.1) is 12.3 Å². The van der Waals surface area contributed by atoms with Gasteiger partial charge in [-0.15, -0.1) is 0 Å². The topological polar surface area (TPSA) is 102 Å². The molecule has 3 atom stereocenters. The number of piperazine rings is 1. The van der Waals surface area contributed by atoms with Crippen LogP contribution in [0.3, 0.4) is 0 Å². The number of amides is 2. The molecule has 0 aromatic heterocycles. The zero-order chi connectivity index (χ0) is 32.1. The highest BCUT2D eigenvalue weighted by atomic mass is 35.5. The maximum absolute atomic E-state index is 14.8. The minimum absolute atomic E-state index is 0.00169. The summed E-state index contributed by atoms with van der Waals surface area (Å²) in [4.78, 5) is 33.3. The van der Waals surface area contributed by atoms with Gasteiger partial charge in [-0.2, -0.15) is 0 Å². The molecule has 45 heavy (non-hydrogen) atoms. The van der Waals surface area contributed by atoms with Gasteiger partial charge in [-0.3, -0.25) is 19.4 Å². The summed E-state index contributed by atoms with van der Waals surface area (Å²) < 4.78 is 41.1. The molecule has 1 saturated heterocycles. The van der Waals surface area contributed by atoms with Crippen molar-refractivity contribution in [2.24, 2.45) is 0 Å². The van der Waals surface area contributed by atoms with Crippen molar-refractivity contribution in [1.29, 1.82) is 0 Å². The van der Waals surface area contributed by atoms with E-state index in [-0.39, 0.29) is 30.8 Å². The van der Waals surface area contributed by atoms with E-state index < -0.39 is 27.9 Å². The number of sulfonamides is 1. The largest absolute Gasteiger partial charge is 0.344 e. The van der Waals surface area contributed by atoms with Crippen molar-refractivity contribution in [2.45, 2.75) is 37.5 Å². The van der Waals surface area contributed by atoms with Gasteiger partial charge in [-0.05, 0) is 41.9 Å². The normalized spacial score (nSPS) is 18.8. The average Bonchev–Trinajstić information content (AvgIpc) is 3.32. The van der Waals surface area contributed by atoms with Gasteiger partial charge in [0.25, 0.3) is 0 Å². The maximum atomic E-state index is 14.8. The Morgan fingerprint density at radius 2 is 1.64 bits per heavy atom. The number of fused-ring (bicyclic) bond motifs is 1. The number of rotatable bonds is 11. The summed E-state index contributed by atoms with van der Waals surface area (Å²) in [6.07, 6.45) is 1.60. The number of halogens is 2. The van der Waals surface area contributed by atoms with E-state index in [1.807, 2.05) is 42.3 Å². The van der Waals surface area contributed by atoms with Crippen LogP contribution >= 0.6 is 11.6 Å². The van der Waals surface area contributed by atoms with Gasteiger partial charge in [0.15, 0.2) is 0 Å². The number of benzene rings is 3. The van der Waals surface area contributed by atoms with Crippen LogP contribution in [0, 0.1) is 5.82 Å². The molecule has 0 aliphatic carbocycles. The molecule has 12 heteroatoms. The molecule has 1 fully saturated rings. The lowest BCUT2D eigenvalue weighted by atomic mass is 10.0. The molecule has 2 amide bonds. The zero-order valence-electron chi connectivity index (χ0n) is 25.5. The van der Waals surface area contributed by atoms with Crippen LogP contribution in [-0.2, 0) is 32.6 Å². The summed E-state index contributed by atoms with van der Waals surface area (Å²) in [6, 6.07) is 20.2. The van der Waals surface area contributed by atoms with Gasteiger partial charge in [-0.25, -0.2) is 17.5 Å². The van der Waals surface area contributed by atoms with E-state index in [0.717, 1.165) is 23.9 Å². The second-order valence-corrected chi connectivity index (χ2v) is 14.1. The molecule has 2 aliphatic heterocycles. The van der Waals surface area contributed by atoms with Crippen LogP contribution < -0.4 is 10.0 Å². The average molecular weight is 656 g/mol. The predicted molar refractivity (Wildman–Crippen MR) is 172 cm³/mol. The highest BCUT2D eigenvalue weighted by Crippen LogP contribution is 2.34. The lowest BCUT2D eigenvalue weighted by molar-refractivity contribution is -0.138. The number of nitrogens with one attached hydrogen (secondary N) is 2. The fourth-order valence-corrected chi connectivity index (χ4v) is 6.84. The first-order chi connectivity index (χ1) is 21.5. The van der Waals surface area contributed by atoms with Crippen LogP contribution in [-0.4, -0.2) is 87.0 Å². The molecule has 0 radical (unpaired) electrons. The molecule has 0 saturated carbocycles. The van der Waals surface area contributed by atoms with E-state index in [9.17, 15) is 22.4 Å². The molecule has 3 aromatic carbocycles. The Labute approximate surface area is 269 Å². The molecule has 0 spiro atoms. The summed E-state index contributed by atoms with van der Waals surface area (Å²) in [5.74, 6) is -0.826. The first-order valence-electron chi connectivity index (χ1n) is 15.0. The summed E-state index contributed by atoms with van der Waals surface area (Å²) in [5, 5.41) is 3.61. The highest BCUT2D eigenvalue weighted by Gasteiger charge is 2.34. The van der Waals surface area contributed by atoms with E-state index in [2.05, 4.69) is 21.0 Å². The van der Waals surface area contributed by atoms with Crippen LogP contribution in [0.15, 0.2) is 72.8 Å². The molecule has 3 aromatic rings. The van der Waals surface area contributed by atoms with E-state index in [0.29, 0.717) is 43.2 Å². The van der Waals surface area contributed by atoms with Gasteiger partial charge in [0, 0.05) is 68.7 Å². The smallest absolute Gasteiger partial charge is 0.245 e. The van der Waals surface area contributed by atoms with Gasteiger partial charge in [0.2, 0.25) is 21.8 Å². The minimum atomic E-state index is -3.50. The molecular formula is C33H39ClFN5O4S. The zero-order valence-corrected chi connectivity index (χ0v) is 27.0. The van der Waals surface area contributed by atoms with E-state index in [1.165, 1.54) is 11.6 Å². The van der Waals surface area contributed by atoms with Crippen LogP contribution in [0.25, 0.3) is 0 Å². The summed E-state index contributed by atoms with van der Waals surface area (Å²) >= 11 is 6.09. The molecule has 0 bridgehead atoms. The second kappa shape index (κ2) is 14.4. The lowest BCUT2D eigenvalue weighted by Gasteiger charge is -2.40. The van der Waals surface area contributed by atoms with Crippen molar-refractivity contribution in [3.05, 3.63) is 106 Å². The Balaban J connectivity index is 1.29. The molecule has 240 valence electrons. The standard InChI is InChI=1S/C33H39ClFN5O4S/c1-38-22-24-7-3-4-8-26(24)30(38)20-32(41)37-29(19-23-11-13-25(34)14-12-23)33(42)40-17-15-39(16-18-40)31(21-36-45(2,43)44)27-9-5-6-10-28(27)35/h3-14,29-31,36H,15-22H2,1-2H3,(H,37,41)/t29-,30?,31?/m1/s1. The summed E-state index contributed by atoms with van der Waals surface area (Å²) in [7, 11) is -1.51. The second-order valence-electron chi connectivity index (χ2n) is 11.8. The third kappa shape index (κ3) is 8.47. The van der Waals surface area contributed by atoms with Crippen LogP contribution in [0.1, 0.15) is 40.8 Å². The number of carbonyl (C=O) groups excluding carboxylic acids is 2. The predicted octanol–water partition coefficient (Wildman–Crippen LogP) is 3.52. The van der Waals surface area contributed by atoms with Gasteiger partial charge >= 0.3 is 0 Å². The molecule has 5 rings (SSSR count). The first-order valence-corrected chi connectivity index (χ1v) is 17.3. The number of nitrogens with zero attached hydrogens (tertiary/aromatic N) is 3. The summed E-state index contributed by atoms with van der Waals surface area (Å²) in [6.45, 7) is 2.26. The number of hydrogen-bond donors (Lipinski definition) is 2. The SMILES string of the molecule is CN1Cc2ccccc2C1CC(=O)N[C@H](Cc1ccc(Cl)cc1)C(=O)N1CCN(C(CNS(C)(=O)=O)c2ccccc2F)CC1. The van der Waals surface area contributed by atoms with Crippen molar-refractivity contribution >= 4 is 33.4 Å². The van der Waals surface area contributed by atoms with Crippen molar-refractivity contribution in [1.82, 2.24) is 24.7 Å². The van der Waals surface area contributed by atoms with Crippen molar-refractivity contribution in [3.8, 4) is 0 Å². The molecule has 9 nitrogen and oxygen atoms in total. The van der Waals surface area contributed by atoms with Crippen molar-refractivity contribution in [3.63, 3.8) is 0 Å². The quantitative estimate of drug-likeness (QED) is 0.328. The van der Waals surface area contributed by atoms with Gasteiger partial charge < -0.3 is 10.2 Å². The Kier molecular flexibility index (Phi) is 10.6. The van der Waals surface area contributed by atoms with Crippen LogP contribution in [0.5, 0.6) is 0 Å². The third-order valence-electron chi connectivity index (χ3n) is 8.60. The van der Waals surface area contributed by atoms with E-state index >= 15 is 0 Å². The van der Waals surface area contributed by atoms with Crippen molar-refractivity contribution < 1.29 is 22.4 Å². The van der Waals surface area contributed by atoms with Crippen LogP contribution in [0.4, 0.5) is 4.39 Å². The molecule has 2 unspecified atom stereocenters. The number of hydrogen-bond acceptors (Lipinski definition) is 6. The van der Waals surface area contributed by atoms with Crippen molar-refractivity contribution in [2.75, 3.05) is 46.0 Å². The molecule has 2 heterocycles. The van der Waals surface area contributed by atoms with Gasteiger partial charge in [-0.1, -0.05) is 66.2 Å². The Hall–Kier alpha value is -3.35. The number of carbonyl (C=O) groups is 2. The highest BCUT2D eigenvalue weighted by molar-refractivity contribution is 7.88. The Bertz CT molecular complexity index is 1620. The van der Waals surface area contributed by atoms with E-state index in [4.69, 9.17) is 11.6 Å². The third-order valence-corrected chi connectivity index (χ3v) is 9.54. The fraction of sp³-hybridized carbons (Fsp3) is 0.394. The molecule has 2 aliphatic rings. The fourth-order valence-electron chi connectivity index (χ4n) is 6.26. The monoisotopic (exact) mass is 655 g/mol.